The average molecular weight is 272 g/mol. The fraction of sp³-hybridized carbons (Fsp3) is 0.353. The summed E-state index contributed by atoms with van der Waals surface area (Å²) in [4.78, 5) is 4.67. The number of pyridine rings is 1. The van der Waals surface area contributed by atoms with Gasteiger partial charge >= 0.3 is 0 Å². The van der Waals surface area contributed by atoms with Crippen molar-refractivity contribution >= 4 is 11.6 Å². The molecule has 1 aromatic heterocycles. The van der Waals surface area contributed by atoms with Crippen LogP contribution < -0.4 is 0 Å². The molecule has 0 bridgehead atoms. The third-order valence-corrected chi connectivity index (χ3v) is 4.23. The Morgan fingerprint density at radius 2 is 1.95 bits per heavy atom. The molecule has 1 nitrogen and oxygen atoms in total. The number of hydrogen-bond donors (Lipinski definition) is 0. The second-order valence-corrected chi connectivity index (χ2v) is 6.05. The van der Waals surface area contributed by atoms with E-state index in [1.54, 1.807) is 0 Å². The van der Waals surface area contributed by atoms with Crippen molar-refractivity contribution in [3.05, 3.63) is 63.9 Å². The lowest BCUT2D eigenvalue weighted by Crippen LogP contribution is -2.12. The van der Waals surface area contributed by atoms with Crippen molar-refractivity contribution < 1.29 is 0 Å². The third kappa shape index (κ3) is 2.28. The summed E-state index contributed by atoms with van der Waals surface area (Å²) in [6.45, 7) is 4.54. The third-order valence-electron chi connectivity index (χ3n) is 3.99. The van der Waals surface area contributed by atoms with Crippen molar-refractivity contribution in [3.63, 3.8) is 0 Å². The van der Waals surface area contributed by atoms with E-state index in [1.807, 2.05) is 18.3 Å². The van der Waals surface area contributed by atoms with E-state index >= 15 is 0 Å². The van der Waals surface area contributed by atoms with Crippen molar-refractivity contribution in [1.82, 2.24) is 4.98 Å². The Morgan fingerprint density at radius 3 is 2.74 bits per heavy atom. The number of aromatic nitrogens is 1. The van der Waals surface area contributed by atoms with E-state index in [0.29, 0.717) is 11.8 Å². The molecule has 0 spiro atoms. The van der Waals surface area contributed by atoms with E-state index in [-0.39, 0.29) is 0 Å². The molecule has 1 aliphatic carbocycles. The average Bonchev–Trinajstić information content (AvgIpc) is 2.55. The van der Waals surface area contributed by atoms with E-state index < -0.39 is 0 Å². The summed E-state index contributed by atoms with van der Waals surface area (Å²) in [6.07, 6.45) is 4.02. The highest BCUT2D eigenvalue weighted by molar-refractivity contribution is 6.30. The first-order chi connectivity index (χ1) is 9.16. The minimum absolute atomic E-state index is 0.381. The largest absolute Gasteiger partial charge is 0.260 e. The summed E-state index contributed by atoms with van der Waals surface area (Å²) in [7, 11) is 0. The molecule has 3 rings (SSSR count). The maximum Gasteiger partial charge on any atom is 0.0513 e. The Bertz CT molecular complexity index is 604. The second kappa shape index (κ2) is 4.97. The zero-order valence-corrected chi connectivity index (χ0v) is 12.1. The van der Waals surface area contributed by atoms with Crippen LogP contribution in [0.2, 0.25) is 5.02 Å². The summed E-state index contributed by atoms with van der Waals surface area (Å²) < 4.78 is 0. The summed E-state index contributed by atoms with van der Waals surface area (Å²) >= 11 is 6.15. The minimum Gasteiger partial charge on any atom is -0.260 e. The lowest BCUT2D eigenvalue weighted by Gasteiger charge is -2.23. The maximum atomic E-state index is 6.15. The van der Waals surface area contributed by atoms with Gasteiger partial charge < -0.3 is 0 Å². The van der Waals surface area contributed by atoms with Gasteiger partial charge in [0.1, 0.15) is 0 Å². The highest BCUT2D eigenvalue weighted by atomic mass is 35.5. The Morgan fingerprint density at radius 1 is 1.16 bits per heavy atom. The molecule has 2 aromatic rings. The molecule has 0 radical (unpaired) electrons. The van der Waals surface area contributed by atoms with Gasteiger partial charge in [-0.05, 0) is 53.6 Å². The standard InChI is InChI=1S/C17H18ClN/c1-11(2)16-15-8-7-14(18)10-13(15)6-5-12-4-3-9-19-17(12)16/h3-4,7-11,16H,5-6H2,1-2H3. The lowest BCUT2D eigenvalue weighted by molar-refractivity contribution is 0.550. The van der Waals surface area contributed by atoms with E-state index in [2.05, 4.69) is 37.0 Å². The zero-order valence-electron chi connectivity index (χ0n) is 11.4. The summed E-state index contributed by atoms with van der Waals surface area (Å²) in [5.74, 6) is 0.914. The van der Waals surface area contributed by atoms with Crippen LogP contribution in [0.4, 0.5) is 0 Å². The van der Waals surface area contributed by atoms with Crippen LogP contribution in [0.1, 0.15) is 42.1 Å². The van der Waals surface area contributed by atoms with E-state index in [0.717, 1.165) is 17.9 Å². The molecule has 98 valence electrons. The van der Waals surface area contributed by atoms with Crippen LogP contribution in [0, 0.1) is 5.92 Å². The SMILES string of the molecule is CC(C)C1c2ccc(Cl)cc2CCc2cccnc21. The molecule has 0 amide bonds. The molecule has 19 heavy (non-hydrogen) atoms. The Labute approximate surface area is 119 Å². The van der Waals surface area contributed by atoms with Crippen LogP contribution in [-0.2, 0) is 12.8 Å². The number of aryl methyl sites for hydroxylation is 2. The second-order valence-electron chi connectivity index (χ2n) is 5.61. The Hall–Kier alpha value is -1.34. The number of hydrogen-bond acceptors (Lipinski definition) is 1. The molecule has 1 aromatic carbocycles. The van der Waals surface area contributed by atoms with Gasteiger partial charge in [-0.2, -0.15) is 0 Å². The molecule has 0 saturated carbocycles. The van der Waals surface area contributed by atoms with Crippen molar-refractivity contribution in [2.45, 2.75) is 32.6 Å². The van der Waals surface area contributed by atoms with Crippen molar-refractivity contribution in [1.29, 1.82) is 0 Å². The zero-order chi connectivity index (χ0) is 13.4. The van der Waals surface area contributed by atoms with Gasteiger partial charge in [-0.25, -0.2) is 0 Å². The van der Waals surface area contributed by atoms with Crippen LogP contribution in [0.15, 0.2) is 36.5 Å². The minimum atomic E-state index is 0.381. The molecule has 0 saturated heterocycles. The number of fused-ring (bicyclic) bond motifs is 2. The molecule has 1 heterocycles. The van der Waals surface area contributed by atoms with Crippen LogP contribution in [-0.4, -0.2) is 4.98 Å². The topological polar surface area (TPSA) is 12.9 Å². The summed E-state index contributed by atoms with van der Waals surface area (Å²) in [5, 5.41) is 0.833. The molecular formula is C17H18ClN. The fourth-order valence-corrected chi connectivity index (χ4v) is 3.32. The molecule has 1 aliphatic rings. The first-order valence-corrected chi connectivity index (χ1v) is 7.26. The predicted molar refractivity (Wildman–Crippen MR) is 79.8 cm³/mol. The highest BCUT2D eigenvalue weighted by Gasteiger charge is 2.27. The van der Waals surface area contributed by atoms with Gasteiger partial charge in [0.25, 0.3) is 0 Å². The Balaban J connectivity index is 2.21. The number of rotatable bonds is 1. The van der Waals surface area contributed by atoms with Crippen molar-refractivity contribution in [3.8, 4) is 0 Å². The van der Waals surface area contributed by atoms with E-state index in [4.69, 9.17) is 11.6 Å². The van der Waals surface area contributed by atoms with Gasteiger partial charge in [-0.15, -0.1) is 0 Å². The van der Waals surface area contributed by atoms with Gasteiger partial charge in [-0.3, -0.25) is 4.98 Å². The van der Waals surface area contributed by atoms with Gasteiger partial charge in [0.05, 0.1) is 5.69 Å². The van der Waals surface area contributed by atoms with Crippen LogP contribution in [0.5, 0.6) is 0 Å². The summed E-state index contributed by atoms with van der Waals surface area (Å²) in [6, 6.07) is 10.6. The quantitative estimate of drug-likeness (QED) is 0.737. The predicted octanol–water partition coefficient (Wildman–Crippen LogP) is 4.62. The first kappa shape index (κ1) is 12.7. The highest BCUT2D eigenvalue weighted by Crippen LogP contribution is 2.38. The molecule has 0 fully saturated rings. The fourth-order valence-electron chi connectivity index (χ4n) is 3.13. The van der Waals surface area contributed by atoms with Crippen molar-refractivity contribution in [2.75, 3.05) is 0 Å². The molecule has 0 aliphatic heterocycles. The van der Waals surface area contributed by atoms with E-state index in [9.17, 15) is 0 Å². The van der Waals surface area contributed by atoms with Crippen LogP contribution in [0.25, 0.3) is 0 Å². The van der Waals surface area contributed by atoms with Gasteiger partial charge in [0, 0.05) is 17.1 Å². The Kier molecular flexibility index (Phi) is 3.32. The molecule has 1 unspecified atom stereocenters. The normalized spacial score (nSPS) is 17.8. The molecule has 0 N–H and O–H groups in total. The molecular weight excluding hydrogens is 254 g/mol. The van der Waals surface area contributed by atoms with Crippen molar-refractivity contribution in [2.24, 2.45) is 5.92 Å². The smallest absolute Gasteiger partial charge is 0.0513 e. The number of benzene rings is 1. The first-order valence-electron chi connectivity index (χ1n) is 6.89. The monoisotopic (exact) mass is 271 g/mol. The lowest BCUT2D eigenvalue weighted by atomic mass is 9.83. The van der Waals surface area contributed by atoms with Crippen LogP contribution >= 0.6 is 11.6 Å². The maximum absolute atomic E-state index is 6.15. The number of halogens is 1. The van der Waals surface area contributed by atoms with Crippen LogP contribution in [0.3, 0.4) is 0 Å². The molecule has 1 atom stereocenters. The van der Waals surface area contributed by atoms with Gasteiger partial charge in [0.15, 0.2) is 0 Å². The van der Waals surface area contributed by atoms with Gasteiger partial charge in [0.2, 0.25) is 0 Å². The molecule has 2 heteroatoms. The summed E-state index contributed by atoms with van der Waals surface area (Å²) in [5.41, 5.74) is 5.41. The van der Waals surface area contributed by atoms with Gasteiger partial charge in [-0.1, -0.05) is 37.6 Å². The van der Waals surface area contributed by atoms with E-state index in [1.165, 1.54) is 22.4 Å². The number of nitrogens with zero attached hydrogens (tertiary/aromatic N) is 1.